The van der Waals surface area contributed by atoms with E-state index in [9.17, 15) is 0 Å². The second-order valence-corrected chi connectivity index (χ2v) is 3.43. The first-order chi connectivity index (χ1) is 7.27. The molecule has 0 aliphatic carbocycles. The van der Waals surface area contributed by atoms with E-state index in [-0.39, 0.29) is 0 Å². The smallest absolute Gasteiger partial charge is 0.137 e. The lowest BCUT2D eigenvalue weighted by Gasteiger charge is -2.07. The fraction of sp³-hybridized carbons (Fsp3) is 0.222. The Hall–Kier alpha value is -1.62. The average molecular weight is 224 g/mol. The maximum Gasteiger partial charge on any atom is 0.137 e. The normalized spacial score (nSPS) is 10.3. The van der Waals surface area contributed by atoms with Crippen molar-refractivity contribution in [2.75, 3.05) is 5.32 Å². The first-order valence-corrected chi connectivity index (χ1v) is 4.83. The predicted molar refractivity (Wildman–Crippen MR) is 57.7 cm³/mol. The topological polar surface area (TPSA) is 66.5 Å². The molecule has 0 aliphatic heterocycles. The molecule has 0 amide bonds. The molecule has 15 heavy (non-hydrogen) atoms. The van der Waals surface area contributed by atoms with Crippen molar-refractivity contribution in [3.05, 3.63) is 35.3 Å². The lowest BCUT2D eigenvalue weighted by molar-refractivity contribution is 1.03. The van der Waals surface area contributed by atoms with E-state index in [0.717, 1.165) is 17.1 Å². The molecule has 78 valence electrons. The second kappa shape index (κ2) is 4.27. The van der Waals surface area contributed by atoms with Gasteiger partial charge in [0.25, 0.3) is 0 Å². The van der Waals surface area contributed by atoms with Crippen molar-refractivity contribution in [1.29, 1.82) is 0 Å². The summed E-state index contributed by atoms with van der Waals surface area (Å²) in [4.78, 5) is 14.9. The summed E-state index contributed by atoms with van der Waals surface area (Å²) in [5.74, 6) is 0.740. The molecule has 6 heteroatoms. The molecule has 2 rings (SSSR count). The minimum Gasteiger partial charge on any atom is -0.364 e. The zero-order valence-corrected chi connectivity index (χ0v) is 8.91. The number of nitrogens with zero attached hydrogens (tertiary/aromatic N) is 3. The first-order valence-electron chi connectivity index (χ1n) is 4.45. The largest absolute Gasteiger partial charge is 0.364 e. The predicted octanol–water partition coefficient (Wildman–Crippen LogP) is 1.77. The third-order valence-corrected chi connectivity index (χ3v) is 2.40. The van der Waals surface area contributed by atoms with Gasteiger partial charge in [-0.15, -0.1) is 0 Å². The minimum absolute atomic E-state index is 0.470. The Kier molecular flexibility index (Phi) is 2.82. The highest BCUT2D eigenvalue weighted by molar-refractivity contribution is 6.30. The number of imidazole rings is 1. The van der Waals surface area contributed by atoms with Crippen molar-refractivity contribution >= 4 is 17.4 Å². The summed E-state index contributed by atoms with van der Waals surface area (Å²) in [7, 11) is 0. The summed E-state index contributed by atoms with van der Waals surface area (Å²) in [5.41, 5.74) is 1.84. The molecular weight excluding hydrogens is 214 g/mol. The standard InChI is InChI=1S/C9H10ClN5/c1-6-8(10)14-5-15-9(6)12-3-7-2-11-4-13-7/h2,4-5H,3H2,1H3,(H,11,13)(H,12,14,15). The summed E-state index contributed by atoms with van der Waals surface area (Å²) in [6.45, 7) is 2.51. The maximum atomic E-state index is 5.86. The van der Waals surface area contributed by atoms with Crippen LogP contribution in [0.25, 0.3) is 0 Å². The summed E-state index contributed by atoms with van der Waals surface area (Å²) >= 11 is 5.86. The van der Waals surface area contributed by atoms with Gasteiger partial charge in [-0.25, -0.2) is 15.0 Å². The van der Waals surface area contributed by atoms with Gasteiger partial charge in [-0.3, -0.25) is 0 Å². The van der Waals surface area contributed by atoms with Gasteiger partial charge in [0.1, 0.15) is 17.3 Å². The number of aromatic amines is 1. The molecule has 0 aromatic carbocycles. The summed E-state index contributed by atoms with van der Waals surface area (Å²) in [5, 5.41) is 3.62. The van der Waals surface area contributed by atoms with Crippen molar-refractivity contribution in [3.63, 3.8) is 0 Å². The Bertz CT molecular complexity index is 440. The number of H-pyrrole nitrogens is 1. The SMILES string of the molecule is Cc1c(Cl)ncnc1NCc1cnc[nH]1. The fourth-order valence-electron chi connectivity index (χ4n) is 1.17. The van der Waals surface area contributed by atoms with Crippen LogP contribution in [-0.2, 0) is 6.54 Å². The van der Waals surface area contributed by atoms with Crippen LogP contribution < -0.4 is 5.32 Å². The average Bonchev–Trinajstić information content (AvgIpc) is 2.73. The van der Waals surface area contributed by atoms with E-state index in [0.29, 0.717) is 11.7 Å². The van der Waals surface area contributed by atoms with E-state index in [1.807, 2.05) is 6.92 Å². The Morgan fingerprint density at radius 2 is 2.33 bits per heavy atom. The third-order valence-electron chi connectivity index (χ3n) is 2.02. The second-order valence-electron chi connectivity index (χ2n) is 3.07. The Morgan fingerprint density at radius 1 is 1.47 bits per heavy atom. The van der Waals surface area contributed by atoms with Crippen LogP contribution in [0.3, 0.4) is 0 Å². The molecule has 0 saturated carbocycles. The van der Waals surface area contributed by atoms with Gasteiger partial charge in [0.15, 0.2) is 0 Å². The fourth-order valence-corrected chi connectivity index (χ4v) is 1.30. The molecule has 2 heterocycles. The van der Waals surface area contributed by atoms with Gasteiger partial charge in [0.2, 0.25) is 0 Å². The van der Waals surface area contributed by atoms with E-state index in [1.54, 1.807) is 12.5 Å². The number of rotatable bonds is 3. The molecule has 2 N–H and O–H groups in total. The van der Waals surface area contributed by atoms with Crippen LogP contribution in [0.2, 0.25) is 5.15 Å². The molecular formula is C9H10ClN5. The summed E-state index contributed by atoms with van der Waals surface area (Å²) in [6, 6.07) is 0. The Balaban J connectivity index is 2.08. The summed E-state index contributed by atoms with van der Waals surface area (Å²) in [6.07, 6.45) is 4.83. The van der Waals surface area contributed by atoms with E-state index in [2.05, 4.69) is 25.3 Å². The molecule has 2 aromatic heterocycles. The number of hydrogen-bond acceptors (Lipinski definition) is 4. The number of halogens is 1. The van der Waals surface area contributed by atoms with E-state index in [1.165, 1.54) is 6.33 Å². The van der Waals surface area contributed by atoms with Crippen molar-refractivity contribution in [3.8, 4) is 0 Å². The first kappa shape index (κ1) is 9.92. The molecule has 2 aromatic rings. The van der Waals surface area contributed by atoms with Crippen LogP contribution in [0.4, 0.5) is 5.82 Å². The van der Waals surface area contributed by atoms with Gasteiger partial charge in [-0.1, -0.05) is 11.6 Å². The van der Waals surface area contributed by atoms with Crippen LogP contribution in [0.1, 0.15) is 11.3 Å². The molecule has 0 aliphatic rings. The lowest BCUT2D eigenvalue weighted by Crippen LogP contribution is -2.04. The number of aromatic nitrogens is 4. The van der Waals surface area contributed by atoms with E-state index >= 15 is 0 Å². The van der Waals surface area contributed by atoms with Crippen LogP contribution in [0, 0.1) is 6.92 Å². The molecule has 0 bridgehead atoms. The van der Waals surface area contributed by atoms with Gasteiger partial charge in [-0.05, 0) is 6.92 Å². The minimum atomic E-state index is 0.470. The van der Waals surface area contributed by atoms with Gasteiger partial charge < -0.3 is 10.3 Å². The zero-order chi connectivity index (χ0) is 10.7. The Labute approximate surface area is 91.9 Å². The molecule has 0 saturated heterocycles. The van der Waals surface area contributed by atoms with Gasteiger partial charge >= 0.3 is 0 Å². The van der Waals surface area contributed by atoms with Crippen molar-refractivity contribution < 1.29 is 0 Å². The molecule has 0 fully saturated rings. The Morgan fingerprint density at radius 3 is 3.07 bits per heavy atom. The highest BCUT2D eigenvalue weighted by Crippen LogP contribution is 2.17. The lowest BCUT2D eigenvalue weighted by atomic mass is 10.3. The highest BCUT2D eigenvalue weighted by Gasteiger charge is 2.04. The molecule has 0 atom stereocenters. The van der Waals surface area contributed by atoms with Crippen LogP contribution >= 0.6 is 11.6 Å². The summed E-state index contributed by atoms with van der Waals surface area (Å²) < 4.78 is 0. The quantitative estimate of drug-likeness (QED) is 0.779. The van der Waals surface area contributed by atoms with E-state index < -0.39 is 0 Å². The zero-order valence-electron chi connectivity index (χ0n) is 8.16. The monoisotopic (exact) mass is 223 g/mol. The van der Waals surface area contributed by atoms with E-state index in [4.69, 9.17) is 11.6 Å². The molecule has 0 radical (unpaired) electrons. The highest BCUT2D eigenvalue weighted by atomic mass is 35.5. The molecule has 0 spiro atoms. The van der Waals surface area contributed by atoms with Crippen LogP contribution in [0.5, 0.6) is 0 Å². The molecule has 5 nitrogen and oxygen atoms in total. The van der Waals surface area contributed by atoms with Gasteiger partial charge in [-0.2, -0.15) is 0 Å². The van der Waals surface area contributed by atoms with Crippen molar-refractivity contribution in [1.82, 2.24) is 19.9 Å². The third kappa shape index (κ3) is 2.24. The number of anilines is 1. The number of nitrogens with one attached hydrogen (secondary N) is 2. The van der Waals surface area contributed by atoms with Crippen molar-refractivity contribution in [2.45, 2.75) is 13.5 Å². The molecule has 0 unspecified atom stereocenters. The number of hydrogen-bond donors (Lipinski definition) is 2. The van der Waals surface area contributed by atoms with Crippen LogP contribution in [-0.4, -0.2) is 19.9 Å². The van der Waals surface area contributed by atoms with Gasteiger partial charge in [0.05, 0.1) is 18.6 Å². The van der Waals surface area contributed by atoms with Crippen molar-refractivity contribution in [2.24, 2.45) is 0 Å². The maximum absolute atomic E-state index is 5.86. The van der Waals surface area contributed by atoms with Gasteiger partial charge in [0, 0.05) is 11.8 Å². The van der Waals surface area contributed by atoms with Crippen LogP contribution in [0.15, 0.2) is 18.9 Å².